The van der Waals surface area contributed by atoms with Gasteiger partial charge in [-0.3, -0.25) is 11.3 Å². The van der Waals surface area contributed by atoms with Crippen molar-refractivity contribution in [1.29, 1.82) is 0 Å². The smallest absolute Gasteiger partial charge is 0.341 e. The Labute approximate surface area is 159 Å². The fourth-order valence-corrected chi connectivity index (χ4v) is 3.93. The van der Waals surface area contributed by atoms with Gasteiger partial charge in [0, 0.05) is 12.0 Å². The van der Waals surface area contributed by atoms with E-state index in [1.165, 1.54) is 12.7 Å². The van der Waals surface area contributed by atoms with Crippen LogP contribution in [0.4, 0.5) is 0 Å². The fourth-order valence-electron chi connectivity index (χ4n) is 3.93. The van der Waals surface area contributed by atoms with Crippen LogP contribution in [0.25, 0.3) is 5.69 Å². The van der Waals surface area contributed by atoms with E-state index < -0.39 is 0 Å². The van der Waals surface area contributed by atoms with Crippen LogP contribution >= 0.6 is 12.4 Å². The molecule has 2 aromatic rings. The number of nitrogens with two attached hydrogens (primary N) is 1. The third-order valence-corrected chi connectivity index (χ3v) is 5.43. The van der Waals surface area contributed by atoms with Gasteiger partial charge in [-0.05, 0) is 55.7 Å². The van der Waals surface area contributed by atoms with Gasteiger partial charge in [0.05, 0.1) is 24.7 Å². The third kappa shape index (κ3) is 3.49. The zero-order valence-electron chi connectivity index (χ0n) is 14.9. The summed E-state index contributed by atoms with van der Waals surface area (Å²) in [6.45, 7) is 0. The van der Waals surface area contributed by atoms with Crippen molar-refractivity contribution in [2.75, 3.05) is 7.11 Å². The highest BCUT2D eigenvalue weighted by molar-refractivity contribution is 5.90. The molecule has 0 bridgehead atoms. The van der Waals surface area contributed by atoms with E-state index in [0.717, 1.165) is 43.5 Å². The highest BCUT2D eigenvalue weighted by Gasteiger charge is 2.33. The molecule has 1 heterocycles. The van der Waals surface area contributed by atoms with Crippen molar-refractivity contribution < 1.29 is 9.53 Å². The van der Waals surface area contributed by atoms with Crippen molar-refractivity contribution >= 4 is 18.4 Å². The molecule has 2 aliphatic rings. The van der Waals surface area contributed by atoms with Crippen LogP contribution in [-0.2, 0) is 4.74 Å². The van der Waals surface area contributed by atoms with Crippen molar-refractivity contribution in [3.63, 3.8) is 0 Å². The minimum atomic E-state index is -0.308. The maximum Gasteiger partial charge on any atom is 0.341 e. The van der Waals surface area contributed by atoms with Gasteiger partial charge in [-0.1, -0.05) is 12.1 Å². The first kappa shape index (κ1) is 18.9. The standard InChI is InChI=1S/C19H24N4O2.ClH/c1-25-19(24)17-11-21-23(18(17)12-5-6-12)16-4-2-3-13(10-16)14-7-8-15(9-14)22-20;/h2-4,10-12,14-15,22H,5-9,20H2,1H3;1H. The molecule has 26 heavy (non-hydrogen) atoms. The summed E-state index contributed by atoms with van der Waals surface area (Å²) in [5, 5.41) is 4.50. The van der Waals surface area contributed by atoms with Gasteiger partial charge in [0.2, 0.25) is 0 Å². The second kappa shape index (κ2) is 7.78. The summed E-state index contributed by atoms with van der Waals surface area (Å²) in [5.74, 6) is 6.20. The van der Waals surface area contributed by atoms with Crippen LogP contribution in [0.5, 0.6) is 0 Å². The summed E-state index contributed by atoms with van der Waals surface area (Å²) in [5.41, 5.74) is 6.79. The lowest BCUT2D eigenvalue weighted by molar-refractivity contribution is 0.0599. The Morgan fingerprint density at radius 3 is 2.69 bits per heavy atom. The van der Waals surface area contributed by atoms with Gasteiger partial charge in [-0.25, -0.2) is 9.48 Å². The molecule has 0 spiro atoms. The molecular weight excluding hydrogens is 352 g/mol. The molecule has 2 unspecified atom stereocenters. The number of hydrogen-bond donors (Lipinski definition) is 2. The number of carbonyl (C=O) groups excluding carboxylic acids is 1. The van der Waals surface area contributed by atoms with Gasteiger partial charge < -0.3 is 4.74 Å². The molecule has 0 amide bonds. The Hall–Kier alpha value is -1.89. The van der Waals surface area contributed by atoms with Gasteiger partial charge in [0.1, 0.15) is 5.56 Å². The summed E-state index contributed by atoms with van der Waals surface area (Å²) < 4.78 is 6.84. The topological polar surface area (TPSA) is 82.2 Å². The average Bonchev–Trinajstić information content (AvgIpc) is 3.21. The van der Waals surface area contributed by atoms with Gasteiger partial charge >= 0.3 is 5.97 Å². The molecule has 0 saturated heterocycles. The Morgan fingerprint density at radius 2 is 2.04 bits per heavy atom. The van der Waals surface area contributed by atoms with Crippen LogP contribution in [0, 0.1) is 0 Å². The number of methoxy groups -OCH3 is 1. The molecule has 1 aromatic heterocycles. The summed E-state index contributed by atoms with van der Waals surface area (Å²) >= 11 is 0. The third-order valence-electron chi connectivity index (χ3n) is 5.43. The van der Waals surface area contributed by atoms with E-state index in [9.17, 15) is 4.79 Å². The van der Waals surface area contributed by atoms with Crippen molar-refractivity contribution in [3.05, 3.63) is 47.3 Å². The van der Waals surface area contributed by atoms with E-state index in [0.29, 0.717) is 23.4 Å². The van der Waals surface area contributed by atoms with Crippen LogP contribution < -0.4 is 11.3 Å². The molecule has 140 valence electrons. The molecule has 2 atom stereocenters. The van der Waals surface area contributed by atoms with E-state index in [1.54, 1.807) is 6.20 Å². The number of rotatable bonds is 5. The molecule has 2 saturated carbocycles. The van der Waals surface area contributed by atoms with Gasteiger partial charge in [-0.15, -0.1) is 12.4 Å². The fraction of sp³-hybridized carbons (Fsp3) is 0.474. The summed E-state index contributed by atoms with van der Waals surface area (Å²) in [7, 11) is 1.42. The van der Waals surface area contributed by atoms with Crippen molar-refractivity contribution in [1.82, 2.24) is 15.2 Å². The lowest BCUT2D eigenvalue weighted by atomic mass is 9.97. The summed E-state index contributed by atoms with van der Waals surface area (Å²) in [4.78, 5) is 12.1. The first-order valence-electron chi connectivity index (χ1n) is 8.94. The molecule has 3 N–H and O–H groups in total. The lowest BCUT2D eigenvalue weighted by Gasteiger charge is -2.14. The predicted molar refractivity (Wildman–Crippen MR) is 102 cm³/mol. The number of hydrogen-bond acceptors (Lipinski definition) is 5. The number of hydrazine groups is 1. The predicted octanol–water partition coefficient (Wildman–Crippen LogP) is 3.06. The number of carbonyl (C=O) groups is 1. The summed E-state index contributed by atoms with van der Waals surface area (Å²) in [6, 6.07) is 8.89. The number of halogens is 1. The van der Waals surface area contributed by atoms with Crippen molar-refractivity contribution in [2.24, 2.45) is 5.84 Å². The van der Waals surface area contributed by atoms with Crippen molar-refractivity contribution in [3.8, 4) is 5.69 Å². The first-order chi connectivity index (χ1) is 12.2. The first-order valence-corrected chi connectivity index (χ1v) is 8.94. The lowest BCUT2D eigenvalue weighted by Crippen LogP contribution is -2.32. The number of nitrogens with zero attached hydrogens (tertiary/aromatic N) is 2. The normalized spacial score (nSPS) is 22.1. The highest BCUT2D eigenvalue weighted by atomic mass is 35.5. The molecule has 4 rings (SSSR count). The molecular formula is C19H25ClN4O2. The van der Waals surface area contributed by atoms with Crippen LogP contribution in [0.2, 0.25) is 0 Å². The summed E-state index contributed by atoms with van der Waals surface area (Å²) in [6.07, 6.45) is 7.13. The van der Waals surface area contributed by atoms with E-state index in [4.69, 9.17) is 10.6 Å². The average molecular weight is 377 g/mol. The monoisotopic (exact) mass is 376 g/mol. The minimum absolute atomic E-state index is 0. The highest BCUT2D eigenvalue weighted by Crippen LogP contribution is 2.43. The number of ether oxygens (including phenoxy) is 1. The molecule has 0 aliphatic heterocycles. The number of aromatic nitrogens is 2. The maximum atomic E-state index is 12.1. The molecule has 2 fully saturated rings. The van der Waals surface area contributed by atoms with E-state index in [-0.39, 0.29) is 18.4 Å². The second-order valence-corrected chi connectivity index (χ2v) is 7.09. The van der Waals surface area contributed by atoms with Crippen LogP contribution in [0.3, 0.4) is 0 Å². The van der Waals surface area contributed by atoms with Crippen LogP contribution in [-0.4, -0.2) is 28.9 Å². The second-order valence-electron chi connectivity index (χ2n) is 7.09. The van der Waals surface area contributed by atoms with Gasteiger partial charge in [-0.2, -0.15) is 5.10 Å². The molecule has 6 nitrogen and oxygen atoms in total. The molecule has 7 heteroatoms. The Bertz CT molecular complexity index is 788. The SMILES string of the molecule is COC(=O)c1cnn(-c2cccc(C3CCC(NN)C3)c2)c1C1CC1.Cl. The minimum Gasteiger partial charge on any atom is -0.465 e. The van der Waals surface area contributed by atoms with Crippen LogP contribution in [0.15, 0.2) is 30.5 Å². The molecule has 2 aliphatic carbocycles. The Kier molecular flexibility index (Phi) is 5.65. The molecule has 0 radical (unpaired) electrons. The van der Waals surface area contributed by atoms with Gasteiger partial charge in [0.15, 0.2) is 0 Å². The molecule has 1 aromatic carbocycles. The number of esters is 1. The maximum absolute atomic E-state index is 12.1. The number of nitrogens with one attached hydrogen (secondary N) is 1. The zero-order chi connectivity index (χ0) is 17.4. The van der Waals surface area contributed by atoms with E-state index >= 15 is 0 Å². The number of benzene rings is 1. The van der Waals surface area contributed by atoms with E-state index in [2.05, 4.69) is 34.8 Å². The van der Waals surface area contributed by atoms with E-state index in [1.807, 2.05) is 4.68 Å². The largest absolute Gasteiger partial charge is 0.465 e. The van der Waals surface area contributed by atoms with Crippen LogP contribution in [0.1, 0.15) is 65.6 Å². The van der Waals surface area contributed by atoms with Crippen molar-refractivity contribution in [2.45, 2.75) is 50.0 Å². The zero-order valence-corrected chi connectivity index (χ0v) is 15.7. The van der Waals surface area contributed by atoms with Gasteiger partial charge in [0.25, 0.3) is 0 Å². The quantitative estimate of drug-likeness (QED) is 0.476. The Morgan fingerprint density at radius 1 is 1.27 bits per heavy atom. The Balaban J connectivity index is 0.00000196.